The fourth-order valence-electron chi connectivity index (χ4n) is 3.90. The number of benzene rings is 2. The van der Waals surface area contributed by atoms with Crippen molar-refractivity contribution in [3.05, 3.63) is 75.7 Å². The van der Waals surface area contributed by atoms with E-state index in [-0.39, 0.29) is 29.8 Å². The van der Waals surface area contributed by atoms with Gasteiger partial charge in [-0.25, -0.2) is 4.39 Å². The molecule has 0 aliphatic carbocycles. The van der Waals surface area contributed by atoms with Crippen LogP contribution in [0.3, 0.4) is 0 Å². The Morgan fingerprint density at radius 3 is 2.57 bits per heavy atom. The maximum Gasteiger partial charge on any atom is 0.270 e. The Bertz CT molecular complexity index is 1020. The van der Waals surface area contributed by atoms with Crippen LogP contribution < -0.4 is 0 Å². The van der Waals surface area contributed by atoms with E-state index in [9.17, 15) is 19.3 Å². The number of carbonyl (C=O) groups is 1. The van der Waals surface area contributed by atoms with E-state index in [1.165, 1.54) is 24.3 Å². The first-order valence-corrected chi connectivity index (χ1v) is 9.31. The van der Waals surface area contributed by atoms with Gasteiger partial charge in [0.05, 0.1) is 4.92 Å². The molecule has 4 rings (SSSR count). The van der Waals surface area contributed by atoms with Crippen molar-refractivity contribution in [1.82, 2.24) is 9.88 Å². The molecule has 7 heteroatoms. The summed E-state index contributed by atoms with van der Waals surface area (Å²) >= 11 is 0. The molecule has 1 aliphatic rings. The predicted octanol–water partition coefficient (Wildman–Crippen LogP) is 4.36. The van der Waals surface area contributed by atoms with Crippen molar-refractivity contribution in [3.8, 4) is 0 Å². The maximum atomic E-state index is 13.4. The number of rotatable bonds is 5. The van der Waals surface area contributed by atoms with E-state index < -0.39 is 4.92 Å². The number of amides is 1. The highest BCUT2D eigenvalue weighted by Gasteiger charge is 2.26. The summed E-state index contributed by atoms with van der Waals surface area (Å²) in [5, 5.41) is 11.9. The van der Waals surface area contributed by atoms with Gasteiger partial charge in [0.15, 0.2) is 0 Å². The first kappa shape index (κ1) is 18.2. The lowest BCUT2D eigenvalue weighted by Gasteiger charge is -2.21. The van der Waals surface area contributed by atoms with Gasteiger partial charge in [-0.05, 0) is 42.2 Å². The first-order chi connectivity index (χ1) is 13.5. The quantitative estimate of drug-likeness (QED) is 0.527. The summed E-state index contributed by atoms with van der Waals surface area (Å²) in [5.41, 5.74) is 2.37. The number of fused-ring (bicyclic) bond motifs is 1. The molecule has 1 aromatic heterocycles. The first-order valence-electron chi connectivity index (χ1n) is 9.31. The number of nitrogens with zero attached hydrogens (tertiary/aromatic N) is 2. The lowest BCUT2D eigenvalue weighted by Crippen LogP contribution is -2.29. The number of aromatic nitrogens is 1. The van der Waals surface area contributed by atoms with Crippen molar-refractivity contribution in [2.45, 2.75) is 25.2 Å². The number of nitrogens with one attached hydrogen (secondary N) is 1. The minimum absolute atomic E-state index is 0.00271. The zero-order valence-corrected chi connectivity index (χ0v) is 15.2. The molecule has 1 aliphatic heterocycles. The number of halogens is 1. The third kappa shape index (κ3) is 3.47. The van der Waals surface area contributed by atoms with Crippen LogP contribution >= 0.6 is 0 Å². The van der Waals surface area contributed by atoms with Crippen LogP contribution in [0.15, 0.2) is 48.7 Å². The third-order valence-electron chi connectivity index (χ3n) is 5.39. The monoisotopic (exact) mass is 381 g/mol. The molecular weight excluding hydrogens is 361 g/mol. The molecule has 3 aromatic rings. The Morgan fingerprint density at radius 2 is 1.89 bits per heavy atom. The van der Waals surface area contributed by atoms with Gasteiger partial charge >= 0.3 is 0 Å². The third-order valence-corrected chi connectivity index (χ3v) is 5.39. The molecule has 0 unspecified atom stereocenters. The fourth-order valence-corrected chi connectivity index (χ4v) is 3.90. The van der Waals surface area contributed by atoms with Crippen molar-refractivity contribution in [1.29, 1.82) is 0 Å². The molecule has 0 saturated carbocycles. The zero-order valence-electron chi connectivity index (χ0n) is 15.2. The van der Waals surface area contributed by atoms with Crippen LogP contribution in [0.1, 0.15) is 36.3 Å². The summed E-state index contributed by atoms with van der Waals surface area (Å²) in [7, 11) is 0. The molecule has 1 fully saturated rings. The van der Waals surface area contributed by atoms with E-state index in [2.05, 4.69) is 4.98 Å². The summed E-state index contributed by atoms with van der Waals surface area (Å²) in [5.74, 6) is -0.612. The average molecular weight is 381 g/mol. The Kier molecular flexibility index (Phi) is 4.81. The minimum atomic E-state index is -0.432. The van der Waals surface area contributed by atoms with E-state index >= 15 is 0 Å². The molecule has 2 aromatic carbocycles. The standard InChI is InChI=1S/C21H20FN3O3/c22-15-5-3-14(4-6-15)17(12-21(26)24-9-1-2-10-24)19-13-23-20-8-7-16(25(27)28)11-18(19)20/h3-8,11,13,17,23H,1-2,9-10,12H2/t17-/m0/s1. The van der Waals surface area contributed by atoms with E-state index in [0.29, 0.717) is 5.39 Å². The Morgan fingerprint density at radius 1 is 1.18 bits per heavy atom. The average Bonchev–Trinajstić information content (AvgIpc) is 3.36. The fraction of sp³-hybridized carbons (Fsp3) is 0.286. The number of aromatic amines is 1. The van der Waals surface area contributed by atoms with Crippen LogP contribution in [0.4, 0.5) is 10.1 Å². The summed E-state index contributed by atoms with van der Waals surface area (Å²) in [6, 6.07) is 10.7. The highest BCUT2D eigenvalue weighted by atomic mass is 19.1. The minimum Gasteiger partial charge on any atom is -0.361 e. The van der Waals surface area contributed by atoms with Gasteiger partial charge in [0, 0.05) is 54.7 Å². The molecule has 1 saturated heterocycles. The number of hydrogen-bond donors (Lipinski definition) is 1. The number of H-pyrrole nitrogens is 1. The molecule has 0 spiro atoms. The molecular formula is C21H20FN3O3. The largest absolute Gasteiger partial charge is 0.361 e. The summed E-state index contributed by atoms with van der Waals surface area (Å²) in [4.78, 5) is 28.6. The normalized spacial score (nSPS) is 15.1. The van der Waals surface area contributed by atoms with Crippen LogP contribution in [-0.4, -0.2) is 33.8 Å². The van der Waals surface area contributed by atoms with Crippen LogP contribution in [0.5, 0.6) is 0 Å². The molecule has 6 nitrogen and oxygen atoms in total. The van der Waals surface area contributed by atoms with Crippen LogP contribution in [-0.2, 0) is 4.79 Å². The number of likely N-dealkylation sites (tertiary alicyclic amines) is 1. The summed E-state index contributed by atoms with van der Waals surface area (Å²) < 4.78 is 13.4. The van der Waals surface area contributed by atoms with Crippen LogP contribution in [0.2, 0.25) is 0 Å². The second kappa shape index (κ2) is 7.42. The summed E-state index contributed by atoms with van der Waals surface area (Å²) in [6.45, 7) is 1.52. The molecule has 1 amide bonds. The van der Waals surface area contributed by atoms with Crippen molar-refractivity contribution in [2.24, 2.45) is 0 Å². The van der Waals surface area contributed by atoms with Gasteiger partial charge in [0.25, 0.3) is 5.69 Å². The molecule has 144 valence electrons. The van der Waals surface area contributed by atoms with Gasteiger partial charge in [-0.2, -0.15) is 0 Å². The number of non-ortho nitro benzene ring substituents is 1. The predicted molar refractivity (Wildman–Crippen MR) is 104 cm³/mol. The SMILES string of the molecule is O=C(C[C@@H](c1ccc(F)cc1)c1c[nH]c2ccc([N+](=O)[O-])cc12)N1CCCC1. The lowest BCUT2D eigenvalue weighted by atomic mass is 9.87. The van der Waals surface area contributed by atoms with Gasteiger partial charge in [-0.1, -0.05) is 12.1 Å². The maximum absolute atomic E-state index is 13.4. The van der Waals surface area contributed by atoms with Crippen molar-refractivity contribution in [3.63, 3.8) is 0 Å². The zero-order chi connectivity index (χ0) is 19.7. The number of nitro benzene ring substituents is 1. The Labute approximate surface area is 161 Å². The van der Waals surface area contributed by atoms with Crippen LogP contribution in [0, 0.1) is 15.9 Å². The van der Waals surface area contributed by atoms with Crippen molar-refractivity contribution >= 4 is 22.5 Å². The number of hydrogen-bond acceptors (Lipinski definition) is 3. The van der Waals surface area contributed by atoms with E-state index in [4.69, 9.17) is 0 Å². The van der Waals surface area contributed by atoms with Crippen molar-refractivity contribution in [2.75, 3.05) is 13.1 Å². The smallest absolute Gasteiger partial charge is 0.270 e. The molecule has 0 radical (unpaired) electrons. The van der Waals surface area contributed by atoms with E-state index in [1.807, 2.05) is 4.90 Å². The van der Waals surface area contributed by atoms with E-state index in [1.54, 1.807) is 24.4 Å². The Hall–Kier alpha value is -3.22. The van der Waals surface area contributed by atoms with Crippen molar-refractivity contribution < 1.29 is 14.1 Å². The Balaban J connectivity index is 1.77. The topological polar surface area (TPSA) is 79.2 Å². The van der Waals surface area contributed by atoms with Gasteiger partial charge in [-0.3, -0.25) is 14.9 Å². The van der Waals surface area contributed by atoms with Crippen LogP contribution in [0.25, 0.3) is 10.9 Å². The molecule has 28 heavy (non-hydrogen) atoms. The van der Waals surface area contributed by atoms with Gasteiger partial charge in [-0.15, -0.1) is 0 Å². The van der Waals surface area contributed by atoms with Gasteiger partial charge in [0.2, 0.25) is 5.91 Å². The number of carbonyl (C=O) groups excluding carboxylic acids is 1. The lowest BCUT2D eigenvalue weighted by molar-refractivity contribution is -0.384. The summed E-state index contributed by atoms with van der Waals surface area (Å²) in [6.07, 6.45) is 4.04. The molecule has 1 atom stereocenters. The second-order valence-corrected chi connectivity index (χ2v) is 7.13. The number of nitro groups is 1. The molecule has 0 bridgehead atoms. The van der Waals surface area contributed by atoms with Gasteiger partial charge < -0.3 is 9.88 Å². The van der Waals surface area contributed by atoms with E-state index in [0.717, 1.165) is 42.6 Å². The molecule has 1 N–H and O–H groups in total. The highest BCUT2D eigenvalue weighted by molar-refractivity contribution is 5.87. The van der Waals surface area contributed by atoms with Gasteiger partial charge in [0.1, 0.15) is 5.82 Å². The highest BCUT2D eigenvalue weighted by Crippen LogP contribution is 2.35. The second-order valence-electron chi connectivity index (χ2n) is 7.13. The molecule has 2 heterocycles.